The van der Waals surface area contributed by atoms with Crippen LogP contribution in [0.3, 0.4) is 0 Å². The Morgan fingerprint density at radius 2 is 1.77 bits per heavy atom. The SMILES string of the molecule is C=CC(=O)Nc1ccc(C(=O)N2CCS(=O)(=O)c3ccccc3C2)cc1. The molecule has 0 saturated heterocycles. The van der Waals surface area contributed by atoms with Crippen LogP contribution in [0, 0.1) is 0 Å². The molecule has 0 aromatic heterocycles. The summed E-state index contributed by atoms with van der Waals surface area (Å²) in [6.07, 6.45) is 1.16. The largest absolute Gasteiger partial charge is 0.333 e. The number of amides is 2. The van der Waals surface area contributed by atoms with E-state index >= 15 is 0 Å². The maximum atomic E-state index is 12.8. The van der Waals surface area contributed by atoms with E-state index in [1.807, 2.05) is 0 Å². The minimum Gasteiger partial charge on any atom is -0.333 e. The third kappa shape index (κ3) is 3.67. The Morgan fingerprint density at radius 1 is 1.08 bits per heavy atom. The minimum absolute atomic E-state index is 0.108. The van der Waals surface area contributed by atoms with Gasteiger partial charge in [-0.3, -0.25) is 9.59 Å². The normalized spacial score (nSPS) is 15.5. The van der Waals surface area contributed by atoms with E-state index in [2.05, 4.69) is 11.9 Å². The number of carbonyl (C=O) groups is 2. The van der Waals surface area contributed by atoms with Crippen LogP contribution < -0.4 is 5.32 Å². The first-order valence-corrected chi connectivity index (χ1v) is 9.69. The minimum atomic E-state index is -3.40. The molecule has 0 aliphatic carbocycles. The van der Waals surface area contributed by atoms with Gasteiger partial charge in [-0.2, -0.15) is 0 Å². The first kappa shape index (κ1) is 17.9. The highest BCUT2D eigenvalue weighted by molar-refractivity contribution is 7.91. The molecule has 0 fully saturated rings. The van der Waals surface area contributed by atoms with Gasteiger partial charge in [0.2, 0.25) is 5.91 Å². The summed E-state index contributed by atoms with van der Waals surface area (Å²) >= 11 is 0. The van der Waals surface area contributed by atoms with E-state index < -0.39 is 9.84 Å². The van der Waals surface area contributed by atoms with Crippen molar-refractivity contribution in [2.45, 2.75) is 11.4 Å². The summed E-state index contributed by atoms with van der Waals surface area (Å²) in [4.78, 5) is 25.9. The van der Waals surface area contributed by atoms with Gasteiger partial charge >= 0.3 is 0 Å². The number of rotatable bonds is 3. The fraction of sp³-hybridized carbons (Fsp3) is 0.158. The molecule has 1 heterocycles. The number of sulfone groups is 1. The van der Waals surface area contributed by atoms with Gasteiger partial charge in [0.15, 0.2) is 9.84 Å². The first-order chi connectivity index (χ1) is 12.4. The Morgan fingerprint density at radius 3 is 2.46 bits per heavy atom. The Kier molecular flexibility index (Phi) is 4.90. The zero-order valence-corrected chi connectivity index (χ0v) is 14.8. The molecular formula is C19H18N2O4S. The van der Waals surface area contributed by atoms with Crippen LogP contribution in [0.1, 0.15) is 15.9 Å². The number of carbonyl (C=O) groups excluding carboxylic acids is 2. The number of hydrogen-bond acceptors (Lipinski definition) is 4. The number of nitrogens with one attached hydrogen (secondary N) is 1. The average molecular weight is 370 g/mol. The molecule has 0 unspecified atom stereocenters. The summed E-state index contributed by atoms with van der Waals surface area (Å²) in [5, 5.41) is 2.61. The second kappa shape index (κ2) is 7.13. The van der Waals surface area contributed by atoms with E-state index in [0.29, 0.717) is 16.8 Å². The molecule has 0 bridgehead atoms. The summed E-state index contributed by atoms with van der Waals surface area (Å²) in [6.45, 7) is 3.75. The summed E-state index contributed by atoms with van der Waals surface area (Å²) < 4.78 is 24.8. The molecule has 7 heteroatoms. The quantitative estimate of drug-likeness (QED) is 0.840. The molecule has 0 radical (unpaired) electrons. The van der Waals surface area contributed by atoms with Crippen LogP contribution in [0.5, 0.6) is 0 Å². The van der Waals surface area contributed by atoms with Crippen molar-refractivity contribution in [3.05, 3.63) is 72.3 Å². The molecule has 1 aliphatic heterocycles. The molecule has 2 amide bonds. The fourth-order valence-electron chi connectivity index (χ4n) is 2.81. The second-order valence-corrected chi connectivity index (χ2v) is 8.00. The summed E-state index contributed by atoms with van der Waals surface area (Å²) in [5.74, 6) is -0.694. The third-order valence-corrected chi connectivity index (χ3v) is 5.96. The summed E-state index contributed by atoms with van der Waals surface area (Å²) in [5.41, 5.74) is 1.60. The smallest absolute Gasteiger partial charge is 0.254 e. The number of hydrogen-bond donors (Lipinski definition) is 1. The lowest BCUT2D eigenvalue weighted by atomic mass is 10.1. The molecule has 134 valence electrons. The first-order valence-electron chi connectivity index (χ1n) is 8.04. The van der Waals surface area contributed by atoms with Crippen LogP contribution in [0.2, 0.25) is 0 Å². The van der Waals surface area contributed by atoms with Crippen molar-refractivity contribution < 1.29 is 18.0 Å². The molecule has 1 N–H and O–H groups in total. The Bertz CT molecular complexity index is 965. The van der Waals surface area contributed by atoms with Gasteiger partial charge in [0.05, 0.1) is 10.6 Å². The maximum Gasteiger partial charge on any atom is 0.254 e. The number of anilines is 1. The lowest BCUT2D eigenvalue weighted by molar-refractivity contribution is -0.111. The van der Waals surface area contributed by atoms with Gasteiger partial charge in [0, 0.05) is 24.3 Å². The van der Waals surface area contributed by atoms with E-state index in [4.69, 9.17) is 0 Å². The molecular weight excluding hydrogens is 352 g/mol. The monoisotopic (exact) mass is 370 g/mol. The van der Waals surface area contributed by atoms with Gasteiger partial charge in [0.1, 0.15) is 0 Å². The van der Waals surface area contributed by atoms with Crippen molar-refractivity contribution >= 4 is 27.3 Å². The Hall–Kier alpha value is -2.93. The molecule has 6 nitrogen and oxygen atoms in total. The van der Waals surface area contributed by atoms with Gasteiger partial charge in [-0.25, -0.2) is 8.42 Å². The topological polar surface area (TPSA) is 83.6 Å². The van der Waals surface area contributed by atoms with Crippen molar-refractivity contribution in [2.75, 3.05) is 17.6 Å². The molecule has 0 saturated carbocycles. The molecule has 26 heavy (non-hydrogen) atoms. The number of benzene rings is 2. The average Bonchev–Trinajstić information content (AvgIpc) is 2.78. The van der Waals surface area contributed by atoms with Crippen LogP contribution in [-0.4, -0.2) is 37.4 Å². The molecule has 2 aromatic carbocycles. The van der Waals surface area contributed by atoms with Crippen molar-refractivity contribution in [1.82, 2.24) is 4.90 Å². The van der Waals surface area contributed by atoms with E-state index in [-0.39, 0.29) is 35.6 Å². The standard InChI is InChI=1S/C19H18N2O4S/c1-2-18(22)20-16-9-7-14(8-10-16)19(23)21-11-12-26(24,25)17-6-4-3-5-15(17)13-21/h2-10H,1,11-13H2,(H,20,22). The fourth-order valence-corrected chi connectivity index (χ4v) is 4.31. The van der Waals surface area contributed by atoms with Gasteiger partial charge in [-0.05, 0) is 42.0 Å². The van der Waals surface area contributed by atoms with Gasteiger partial charge in [0.25, 0.3) is 5.91 Å². The molecule has 1 aliphatic rings. The van der Waals surface area contributed by atoms with Crippen molar-refractivity contribution in [3.63, 3.8) is 0 Å². The highest BCUT2D eigenvalue weighted by Gasteiger charge is 2.27. The van der Waals surface area contributed by atoms with E-state index in [9.17, 15) is 18.0 Å². The van der Waals surface area contributed by atoms with Crippen LogP contribution in [0.25, 0.3) is 0 Å². The zero-order chi connectivity index (χ0) is 18.7. The number of fused-ring (bicyclic) bond motifs is 1. The Balaban J connectivity index is 1.82. The predicted octanol–water partition coefficient (Wildman–Crippen LogP) is 2.24. The lowest BCUT2D eigenvalue weighted by Gasteiger charge is -2.20. The highest BCUT2D eigenvalue weighted by Crippen LogP contribution is 2.23. The second-order valence-electron chi connectivity index (χ2n) is 5.92. The van der Waals surface area contributed by atoms with Gasteiger partial charge < -0.3 is 10.2 Å². The van der Waals surface area contributed by atoms with Gasteiger partial charge in [-0.1, -0.05) is 24.8 Å². The molecule has 0 spiro atoms. The van der Waals surface area contributed by atoms with Crippen molar-refractivity contribution in [3.8, 4) is 0 Å². The van der Waals surface area contributed by atoms with E-state index in [1.54, 1.807) is 48.5 Å². The third-order valence-electron chi connectivity index (χ3n) is 4.17. The van der Waals surface area contributed by atoms with Gasteiger partial charge in [-0.15, -0.1) is 0 Å². The van der Waals surface area contributed by atoms with Crippen LogP contribution in [0.15, 0.2) is 66.1 Å². The predicted molar refractivity (Wildman–Crippen MR) is 98.5 cm³/mol. The van der Waals surface area contributed by atoms with Crippen molar-refractivity contribution in [2.24, 2.45) is 0 Å². The van der Waals surface area contributed by atoms with Crippen LogP contribution in [-0.2, 0) is 21.2 Å². The Labute approximate surface area is 152 Å². The summed E-state index contributed by atoms with van der Waals surface area (Å²) in [6, 6.07) is 13.2. The molecule has 2 aromatic rings. The highest BCUT2D eigenvalue weighted by atomic mass is 32.2. The van der Waals surface area contributed by atoms with E-state index in [0.717, 1.165) is 6.08 Å². The molecule has 3 rings (SSSR count). The zero-order valence-electron chi connectivity index (χ0n) is 14.0. The lowest BCUT2D eigenvalue weighted by Crippen LogP contribution is -2.32. The number of nitrogens with zero attached hydrogens (tertiary/aromatic N) is 1. The van der Waals surface area contributed by atoms with Crippen molar-refractivity contribution in [1.29, 1.82) is 0 Å². The van der Waals surface area contributed by atoms with Crippen LogP contribution >= 0.6 is 0 Å². The maximum absolute atomic E-state index is 12.8. The summed E-state index contributed by atoms with van der Waals surface area (Å²) in [7, 11) is -3.40. The molecule has 0 atom stereocenters. The van der Waals surface area contributed by atoms with Crippen LogP contribution in [0.4, 0.5) is 5.69 Å². The van der Waals surface area contributed by atoms with E-state index in [1.165, 1.54) is 4.90 Å².